The van der Waals surface area contributed by atoms with E-state index in [0.29, 0.717) is 0 Å². The topological polar surface area (TPSA) is 55.4 Å². The van der Waals surface area contributed by atoms with Gasteiger partial charge in [-0.3, -0.25) is 4.79 Å². The number of carbonyl (C=O) groups is 2. The van der Waals surface area contributed by atoms with Crippen molar-refractivity contribution in [2.45, 2.75) is 19.6 Å². The maximum Gasteiger partial charge on any atom is 0.408 e. The number of ether oxygens (including phenoxy) is 1. The first-order chi connectivity index (χ1) is 8.13. The molecule has 1 N–H and O–H groups in total. The second-order valence-corrected chi connectivity index (χ2v) is 3.53. The number of benzene rings is 1. The van der Waals surface area contributed by atoms with E-state index in [0.717, 1.165) is 5.56 Å². The molecule has 0 radical (unpaired) electrons. The van der Waals surface area contributed by atoms with Gasteiger partial charge in [0.2, 0.25) is 0 Å². The van der Waals surface area contributed by atoms with Crippen LogP contribution >= 0.6 is 0 Å². The summed E-state index contributed by atoms with van der Waals surface area (Å²) in [5.74, 6) is -0.248. The molecule has 0 bridgehead atoms. The van der Waals surface area contributed by atoms with Crippen LogP contribution in [0.5, 0.6) is 0 Å². The van der Waals surface area contributed by atoms with E-state index in [9.17, 15) is 9.59 Å². The minimum atomic E-state index is -0.615. The van der Waals surface area contributed by atoms with Crippen molar-refractivity contribution in [1.82, 2.24) is 5.32 Å². The number of rotatable bonds is 5. The second-order valence-electron chi connectivity index (χ2n) is 3.53. The van der Waals surface area contributed by atoms with Gasteiger partial charge in [0.25, 0.3) is 0 Å². The van der Waals surface area contributed by atoms with Crippen molar-refractivity contribution >= 4 is 11.9 Å². The summed E-state index contributed by atoms with van der Waals surface area (Å²) in [6.45, 7) is 5.10. The molecule has 4 heteroatoms. The van der Waals surface area contributed by atoms with Gasteiger partial charge in [-0.15, -0.1) is 0 Å². The number of nitrogens with one attached hydrogen (secondary N) is 1. The molecule has 1 unspecified atom stereocenters. The van der Waals surface area contributed by atoms with Gasteiger partial charge >= 0.3 is 6.09 Å². The summed E-state index contributed by atoms with van der Waals surface area (Å²) in [7, 11) is 0. The smallest absolute Gasteiger partial charge is 0.408 e. The fraction of sp³-hybridized carbons (Fsp3) is 0.231. The Morgan fingerprint density at radius 1 is 1.41 bits per heavy atom. The van der Waals surface area contributed by atoms with Crippen LogP contribution in [0.4, 0.5) is 4.79 Å². The van der Waals surface area contributed by atoms with Crippen LogP contribution in [0, 0.1) is 0 Å². The zero-order chi connectivity index (χ0) is 12.7. The molecule has 1 aromatic rings. The minimum absolute atomic E-state index is 0.182. The fourth-order valence-electron chi connectivity index (χ4n) is 1.19. The molecule has 1 amide bonds. The lowest BCUT2D eigenvalue weighted by molar-refractivity contribution is -0.116. The number of hydrogen-bond donors (Lipinski definition) is 1. The number of amides is 1. The van der Waals surface area contributed by atoms with Gasteiger partial charge in [0.1, 0.15) is 6.61 Å². The van der Waals surface area contributed by atoms with Crippen LogP contribution in [0.1, 0.15) is 12.5 Å². The minimum Gasteiger partial charge on any atom is -0.445 e. The van der Waals surface area contributed by atoms with Crippen LogP contribution < -0.4 is 5.32 Å². The lowest BCUT2D eigenvalue weighted by Gasteiger charge is -2.11. The van der Waals surface area contributed by atoms with Crippen molar-refractivity contribution in [3.8, 4) is 0 Å². The molecule has 0 aliphatic heterocycles. The summed E-state index contributed by atoms with van der Waals surface area (Å²) in [6.07, 6.45) is 0.554. The molecule has 1 atom stereocenters. The van der Waals surface area contributed by atoms with E-state index in [-0.39, 0.29) is 12.4 Å². The molecule has 0 saturated carbocycles. The molecular weight excluding hydrogens is 218 g/mol. The molecule has 0 heterocycles. The van der Waals surface area contributed by atoms with Gasteiger partial charge < -0.3 is 10.1 Å². The van der Waals surface area contributed by atoms with E-state index in [4.69, 9.17) is 4.74 Å². The van der Waals surface area contributed by atoms with E-state index in [1.54, 1.807) is 6.92 Å². The highest BCUT2D eigenvalue weighted by Crippen LogP contribution is 2.00. The third kappa shape index (κ3) is 4.51. The lowest BCUT2D eigenvalue weighted by atomic mass is 10.2. The predicted octanol–water partition coefficient (Wildman–Crippen LogP) is 2.06. The Morgan fingerprint density at radius 3 is 2.65 bits per heavy atom. The van der Waals surface area contributed by atoms with E-state index in [1.165, 1.54) is 6.08 Å². The molecule has 17 heavy (non-hydrogen) atoms. The van der Waals surface area contributed by atoms with Gasteiger partial charge in [0, 0.05) is 0 Å². The summed E-state index contributed by atoms with van der Waals surface area (Å²) >= 11 is 0. The second kappa shape index (κ2) is 6.48. The maximum absolute atomic E-state index is 11.3. The summed E-state index contributed by atoms with van der Waals surface area (Å²) < 4.78 is 4.96. The Kier molecular flexibility index (Phi) is 4.94. The Bertz CT molecular complexity index is 400. The molecule has 0 aromatic heterocycles. The van der Waals surface area contributed by atoms with E-state index >= 15 is 0 Å². The first kappa shape index (κ1) is 13.0. The Morgan fingerprint density at radius 2 is 2.06 bits per heavy atom. The first-order valence-corrected chi connectivity index (χ1v) is 5.27. The van der Waals surface area contributed by atoms with Crippen LogP contribution in [0.25, 0.3) is 0 Å². The van der Waals surface area contributed by atoms with Crippen molar-refractivity contribution in [3.05, 3.63) is 48.6 Å². The number of carbonyl (C=O) groups excluding carboxylic acids is 2. The number of hydrogen-bond acceptors (Lipinski definition) is 3. The van der Waals surface area contributed by atoms with Crippen molar-refractivity contribution in [3.63, 3.8) is 0 Å². The van der Waals surface area contributed by atoms with Gasteiger partial charge in [-0.05, 0) is 18.6 Å². The third-order valence-electron chi connectivity index (χ3n) is 2.18. The van der Waals surface area contributed by atoms with E-state index in [1.807, 2.05) is 30.3 Å². The van der Waals surface area contributed by atoms with E-state index < -0.39 is 12.1 Å². The quantitative estimate of drug-likeness (QED) is 0.792. The van der Waals surface area contributed by atoms with Gasteiger partial charge in [-0.2, -0.15) is 0 Å². The van der Waals surface area contributed by atoms with Gasteiger partial charge in [0.15, 0.2) is 5.78 Å². The molecule has 0 spiro atoms. The lowest BCUT2D eigenvalue weighted by Crippen LogP contribution is -2.37. The summed E-state index contributed by atoms with van der Waals surface area (Å²) in [5, 5.41) is 2.42. The van der Waals surface area contributed by atoms with Crippen molar-refractivity contribution in [1.29, 1.82) is 0 Å². The molecule has 4 nitrogen and oxygen atoms in total. The molecular formula is C13H15NO3. The van der Waals surface area contributed by atoms with Crippen molar-refractivity contribution in [2.24, 2.45) is 0 Å². The average Bonchev–Trinajstić information content (AvgIpc) is 2.36. The summed E-state index contributed by atoms with van der Waals surface area (Å²) in [4.78, 5) is 22.5. The predicted molar refractivity (Wildman–Crippen MR) is 64.4 cm³/mol. The van der Waals surface area contributed by atoms with Crippen LogP contribution in [0.3, 0.4) is 0 Å². The molecule has 0 aliphatic rings. The molecule has 0 aliphatic carbocycles. The van der Waals surface area contributed by atoms with Gasteiger partial charge in [-0.25, -0.2) is 4.79 Å². The first-order valence-electron chi connectivity index (χ1n) is 5.27. The monoisotopic (exact) mass is 233 g/mol. The Hall–Kier alpha value is -2.10. The normalized spacial score (nSPS) is 11.4. The highest BCUT2D eigenvalue weighted by atomic mass is 16.5. The van der Waals surface area contributed by atoms with E-state index in [2.05, 4.69) is 11.9 Å². The maximum atomic E-state index is 11.3. The zero-order valence-corrected chi connectivity index (χ0v) is 9.68. The molecule has 0 fully saturated rings. The summed E-state index contributed by atoms with van der Waals surface area (Å²) in [6, 6.07) is 8.70. The highest BCUT2D eigenvalue weighted by molar-refractivity contribution is 5.95. The Balaban J connectivity index is 2.36. The van der Waals surface area contributed by atoms with Gasteiger partial charge in [0.05, 0.1) is 6.04 Å². The SMILES string of the molecule is C=CC(=O)C(C)NC(=O)OCc1ccccc1. The van der Waals surface area contributed by atoms with Crippen molar-refractivity contribution in [2.75, 3.05) is 0 Å². The number of alkyl carbamates (subject to hydrolysis) is 1. The van der Waals surface area contributed by atoms with Crippen LogP contribution in [0.2, 0.25) is 0 Å². The third-order valence-corrected chi connectivity index (χ3v) is 2.18. The molecule has 0 saturated heterocycles. The van der Waals surface area contributed by atoms with Crippen LogP contribution in [-0.4, -0.2) is 17.9 Å². The fourth-order valence-corrected chi connectivity index (χ4v) is 1.19. The van der Waals surface area contributed by atoms with Crippen LogP contribution in [0.15, 0.2) is 43.0 Å². The Labute approximate surface area is 100 Å². The molecule has 1 aromatic carbocycles. The number of ketones is 1. The average molecular weight is 233 g/mol. The van der Waals surface area contributed by atoms with Crippen LogP contribution in [-0.2, 0) is 16.1 Å². The standard InChI is InChI=1S/C13H15NO3/c1-3-12(15)10(2)14-13(16)17-9-11-7-5-4-6-8-11/h3-8,10H,1,9H2,2H3,(H,14,16). The highest BCUT2D eigenvalue weighted by Gasteiger charge is 2.13. The summed E-state index contributed by atoms with van der Waals surface area (Å²) in [5.41, 5.74) is 0.894. The largest absolute Gasteiger partial charge is 0.445 e. The van der Waals surface area contributed by atoms with Crippen molar-refractivity contribution < 1.29 is 14.3 Å². The van der Waals surface area contributed by atoms with Gasteiger partial charge in [-0.1, -0.05) is 36.9 Å². The molecule has 90 valence electrons. The molecule has 1 rings (SSSR count). The zero-order valence-electron chi connectivity index (χ0n) is 9.68.